The summed E-state index contributed by atoms with van der Waals surface area (Å²) in [5.41, 5.74) is -1.41. The number of hydrogen-bond acceptors (Lipinski definition) is 4. The van der Waals surface area contributed by atoms with Crippen LogP contribution in [0, 0.1) is 0 Å². The Labute approximate surface area is 167 Å². The molecule has 0 radical (unpaired) electrons. The quantitative estimate of drug-likeness (QED) is 0.452. The molecule has 2 N–H and O–H groups in total. The average molecular weight is 420 g/mol. The molecule has 1 aliphatic rings. The average Bonchev–Trinajstić information content (AvgIpc) is 2.65. The van der Waals surface area contributed by atoms with E-state index in [2.05, 4.69) is 5.32 Å². The summed E-state index contributed by atoms with van der Waals surface area (Å²) in [4.78, 5) is 37.1. The molecule has 0 saturated carbocycles. The number of aromatic carboxylic acids is 1. The van der Waals surface area contributed by atoms with Crippen molar-refractivity contribution >= 4 is 46.9 Å². The Morgan fingerprint density at radius 2 is 1.79 bits per heavy atom. The maximum atomic E-state index is 12.9. The first-order valence-electron chi connectivity index (χ1n) is 8.00. The first-order chi connectivity index (χ1) is 13.6. The topological polar surface area (TPSA) is 86.7 Å². The minimum atomic E-state index is -4.59. The fourth-order valence-corrected chi connectivity index (χ4v) is 2.92. The smallest absolute Gasteiger partial charge is 0.416 e. The zero-order chi connectivity index (χ0) is 21.3. The number of carboxylic acid groups (broad SMARTS) is 1. The number of nitrogens with zero attached hydrogens (tertiary/aromatic N) is 1. The fraction of sp³-hybridized carbons (Fsp3) is 0.0526. The van der Waals surface area contributed by atoms with Crippen LogP contribution in [0.3, 0.4) is 0 Å². The number of rotatable bonds is 3. The third-order valence-electron chi connectivity index (χ3n) is 3.98. The van der Waals surface area contributed by atoms with Crippen LogP contribution in [0.5, 0.6) is 0 Å². The first-order valence-corrected chi connectivity index (χ1v) is 8.41. The van der Waals surface area contributed by atoms with Crippen molar-refractivity contribution in [2.75, 3.05) is 4.90 Å². The molecule has 0 atom stereocenters. The molecule has 1 fully saturated rings. The van der Waals surface area contributed by atoms with E-state index in [-0.39, 0.29) is 21.9 Å². The summed E-state index contributed by atoms with van der Waals surface area (Å²) in [5.74, 6) is -2.99. The zero-order valence-corrected chi connectivity index (χ0v) is 15.2. The van der Waals surface area contributed by atoms with Gasteiger partial charge < -0.3 is 5.11 Å². The molecule has 0 aromatic heterocycles. The van der Waals surface area contributed by atoms with Crippen molar-refractivity contribution in [3.8, 4) is 0 Å². The Hall–Kier alpha value is -3.53. The predicted octanol–water partition coefficient (Wildman–Crippen LogP) is 3.23. The van der Waals surface area contributed by atoms with Crippen LogP contribution in [0.1, 0.15) is 21.5 Å². The lowest BCUT2D eigenvalue weighted by molar-refractivity contribution is -0.137. The number of halogens is 3. The number of nitrogens with one attached hydrogen (secondary N) is 1. The number of benzene rings is 2. The van der Waals surface area contributed by atoms with E-state index in [1.54, 1.807) is 0 Å². The molecule has 3 rings (SSSR count). The number of carbonyl (C=O) groups excluding carboxylic acids is 2. The van der Waals surface area contributed by atoms with Gasteiger partial charge in [0.15, 0.2) is 5.11 Å². The van der Waals surface area contributed by atoms with Gasteiger partial charge in [-0.25, -0.2) is 4.79 Å². The van der Waals surface area contributed by atoms with Gasteiger partial charge in [0.25, 0.3) is 11.8 Å². The van der Waals surface area contributed by atoms with Crippen LogP contribution >= 0.6 is 12.2 Å². The number of carbonyl (C=O) groups is 3. The zero-order valence-electron chi connectivity index (χ0n) is 14.4. The second kappa shape index (κ2) is 7.47. The van der Waals surface area contributed by atoms with E-state index in [1.807, 2.05) is 0 Å². The molecule has 2 aromatic rings. The van der Waals surface area contributed by atoms with Crippen molar-refractivity contribution in [1.82, 2.24) is 5.32 Å². The summed E-state index contributed by atoms with van der Waals surface area (Å²) in [6, 6.07) is 9.42. The molecule has 2 amide bonds. The van der Waals surface area contributed by atoms with Crippen LogP contribution in [0.4, 0.5) is 18.9 Å². The van der Waals surface area contributed by atoms with E-state index in [0.717, 1.165) is 29.2 Å². The number of alkyl halides is 3. The summed E-state index contributed by atoms with van der Waals surface area (Å²) >= 11 is 5.01. The van der Waals surface area contributed by atoms with E-state index in [1.165, 1.54) is 30.3 Å². The highest BCUT2D eigenvalue weighted by molar-refractivity contribution is 7.80. The van der Waals surface area contributed by atoms with E-state index in [4.69, 9.17) is 17.3 Å². The molecule has 0 bridgehead atoms. The largest absolute Gasteiger partial charge is 0.478 e. The van der Waals surface area contributed by atoms with Crippen molar-refractivity contribution < 1.29 is 32.7 Å². The molecule has 0 aliphatic carbocycles. The van der Waals surface area contributed by atoms with Gasteiger partial charge >= 0.3 is 12.1 Å². The minimum Gasteiger partial charge on any atom is -0.478 e. The van der Waals surface area contributed by atoms with Gasteiger partial charge in [-0.3, -0.25) is 19.8 Å². The first kappa shape index (κ1) is 20.2. The Balaban J connectivity index is 2.03. The molecule has 1 aliphatic heterocycles. The van der Waals surface area contributed by atoms with Crippen molar-refractivity contribution in [2.45, 2.75) is 6.18 Å². The van der Waals surface area contributed by atoms with Crippen LogP contribution in [0.2, 0.25) is 0 Å². The third kappa shape index (κ3) is 4.16. The molecule has 0 unspecified atom stereocenters. The molecule has 2 aromatic carbocycles. The lowest BCUT2D eigenvalue weighted by Gasteiger charge is -2.29. The summed E-state index contributed by atoms with van der Waals surface area (Å²) in [6.45, 7) is 0. The summed E-state index contributed by atoms with van der Waals surface area (Å²) in [5, 5.41) is 11.1. The van der Waals surface area contributed by atoms with Gasteiger partial charge in [-0.2, -0.15) is 13.2 Å². The second-order valence-electron chi connectivity index (χ2n) is 5.94. The number of carboxylic acids is 1. The van der Waals surface area contributed by atoms with Crippen LogP contribution in [0.25, 0.3) is 6.08 Å². The normalized spacial score (nSPS) is 16.2. The van der Waals surface area contributed by atoms with Crippen molar-refractivity contribution in [1.29, 1.82) is 0 Å². The molecule has 1 heterocycles. The van der Waals surface area contributed by atoms with E-state index < -0.39 is 35.1 Å². The van der Waals surface area contributed by atoms with E-state index in [0.29, 0.717) is 0 Å². The second-order valence-corrected chi connectivity index (χ2v) is 6.32. The molecule has 10 heteroatoms. The van der Waals surface area contributed by atoms with E-state index in [9.17, 15) is 27.6 Å². The lowest BCUT2D eigenvalue weighted by atomic mass is 10.0. The highest BCUT2D eigenvalue weighted by atomic mass is 32.1. The predicted molar refractivity (Wildman–Crippen MR) is 101 cm³/mol. The van der Waals surface area contributed by atoms with Crippen LogP contribution in [-0.2, 0) is 15.8 Å². The maximum Gasteiger partial charge on any atom is 0.416 e. The highest BCUT2D eigenvalue weighted by Gasteiger charge is 2.35. The molecule has 1 saturated heterocycles. The number of thiocarbonyl (C=S) groups is 1. The van der Waals surface area contributed by atoms with Crippen LogP contribution < -0.4 is 10.2 Å². The third-order valence-corrected chi connectivity index (χ3v) is 4.26. The monoisotopic (exact) mass is 420 g/mol. The van der Waals surface area contributed by atoms with Gasteiger partial charge in [-0.05, 0) is 54.2 Å². The molecule has 6 nitrogen and oxygen atoms in total. The standard InChI is InChI=1S/C19H11F3N2O4S/c20-19(21,22)12-5-1-3-10(7-12)8-14-15(25)23-18(29)24(16(14)26)13-6-2-4-11(9-13)17(27)28/h1-9H,(H,27,28)(H,23,25,29). The number of amides is 2. The molecule has 0 spiro atoms. The molecule has 148 valence electrons. The van der Waals surface area contributed by atoms with Gasteiger partial charge in [0.1, 0.15) is 5.57 Å². The molecular formula is C19H11F3N2O4S. The highest BCUT2D eigenvalue weighted by Crippen LogP contribution is 2.30. The van der Waals surface area contributed by atoms with E-state index >= 15 is 0 Å². The van der Waals surface area contributed by atoms with Crippen molar-refractivity contribution in [2.24, 2.45) is 0 Å². The SMILES string of the molecule is O=C1NC(=S)N(c2cccc(C(=O)O)c2)C(=O)C1=Cc1cccc(C(F)(F)F)c1. The summed E-state index contributed by atoms with van der Waals surface area (Å²) in [6.07, 6.45) is -3.57. The van der Waals surface area contributed by atoms with Crippen LogP contribution in [-0.4, -0.2) is 28.0 Å². The van der Waals surface area contributed by atoms with Gasteiger partial charge in [0.05, 0.1) is 16.8 Å². The fourth-order valence-electron chi connectivity index (χ4n) is 2.64. The van der Waals surface area contributed by atoms with Gasteiger partial charge in [0.2, 0.25) is 0 Å². The summed E-state index contributed by atoms with van der Waals surface area (Å²) < 4.78 is 38.7. The summed E-state index contributed by atoms with van der Waals surface area (Å²) in [7, 11) is 0. The number of hydrogen-bond donors (Lipinski definition) is 2. The van der Waals surface area contributed by atoms with Crippen LogP contribution in [0.15, 0.2) is 54.1 Å². The molecular weight excluding hydrogens is 409 g/mol. The Kier molecular flexibility index (Phi) is 5.21. The van der Waals surface area contributed by atoms with Gasteiger partial charge in [0, 0.05) is 0 Å². The maximum absolute atomic E-state index is 12.9. The van der Waals surface area contributed by atoms with Crippen molar-refractivity contribution in [3.63, 3.8) is 0 Å². The Morgan fingerprint density at radius 3 is 2.45 bits per heavy atom. The van der Waals surface area contributed by atoms with Crippen molar-refractivity contribution in [3.05, 3.63) is 70.8 Å². The minimum absolute atomic E-state index is 0.00891. The van der Waals surface area contributed by atoms with Gasteiger partial charge in [-0.15, -0.1) is 0 Å². The lowest BCUT2D eigenvalue weighted by Crippen LogP contribution is -2.54. The Bertz CT molecular complexity index is 1080. The van der Waals surface area contributed by atoms with Gasteiger partial charge in [-0.1, -0.05) is 18.2 Å². The number of anilines is 1. The Morgan fingerprint density at radius 1 is 1.10 bits per heavy atom. The molecule has 29 heavy (non-hydrogen) atoms.